The van der Waals surface area contributed by atoms with Gasteiger partial charge in [-0.15, -0.1) is 0 Å². The first kappa shape index (κ1) is 14.6. The molecule has 2 N–H and O–H groups in total. The van der Waals surface area contributed by atoms with Crippen molar-refractivity contribution in [1.82, 2.24) is 9.88 Å². The van der Waals surface area contributed by atoms with Crippen LogP contribution in [0.2, 0.25) is 0 Å². The summed E-state index contributed by atoms with van der Waals surface area (Å²) >= 11 is 0. The molecule has 0 saturated carbocycles. The summed E-state index contributed by atoms with van der Waals surface area (Å²) in [5.74, 6) is -1.14. The number of likely N-dealkylation sites (N-methyl/N-ethyl adjacent to an activating group) is 1. The molecule has 1 unspecified atom stereocenters. The van der Waals surface area contributed by atoms with Gasteiger partial charge in [0.1, 0.15) is 11.6 Å². The number of nitrogens with two attached hydrogens (primary N) is 1. The Kier molecular flexibility index (Phi) is 4.76. The normalized spacial score (nSPS) is 12.7. The highest BCUT2D eigenvalue weighted by atomic mass is 19.1. The molecule has 2 rings (SSSR count). The highest BCUT2D eigenvalue weighted by Gasteiger charge is 2.22. The second kappa shape index (κ2) is 6.54. The minimum absolute atomic E-state index is 0.0200. The van der Waals surface area contributed by atoms with E-state index >= 15 is 0 Å². The molecule has 20 heavy (non-hydrogen) atoms. The SMILES string of the molecule is CN(Cc1ccncc1)C(CN)c1c(F)cccc1F. The molecular formula is C15H17F2N3. The molecule has 0 aliphatic heterocycles. The smallest absolute Gasteiger partial charge is 0.130 e. The van der Waals surface area contributed by atoms with Gasteiger partial charge in [-0.05, 0) is 36.9 Å². The van der Waals surface area contributed by atoms with E-state index in [2.05, 4.69) is 4.98 Å². The van der Waals surface area contributed by atoms with E-state index in [4.69, 9.17) is 5.73 Å². The maximum atomic E-state index is 13.9. The Morgan fingerprint density at radius 1 is 1.15 bits per heavy atom. The van der Waals surface area contributed by atoms with Gasteiger partial charge in [0.15, 0.2) is 0 Å². The van der Waals surface area contributed by atoms with Crippen molar-refractivity contribution < 1.29 is 8.78 Å². The Bertz CT molecular complexity index is 540. The Labute approximate surface area is 117 Å². The zero-order chi connectivity index (χ0) is 14.5. The molecule has 1 aromatic heterocycles. The summed E-state index contributed by atoms with van der Waals surface area (Å²) in [5.41, 5.74) is 6.74. The van der Waals surface area contributed by atoms with Crippen LogP contribution in [0.15, 0.2) is 42.7 Å². The number of benzene rings is 1. The van der Waals surface area contributed by atoms with Crippen LogP contribution in [0.25, 0.3) is 0 Å². The molecule has 2 aromatic rings. The number of pyridine rings is 1. The first-order chi connectivity index (χ1) is 9.63. The van der Waals surface area contributed by atoms with Crippen molar-refractivity contribution in [3.8, 4) is 0 Å². The third kappa shape index (κ3) is 3.18. The molecule has 106 valence electrons. The predicted octanol–water partition coefficient (Wildman–Crippen LogP) is 2.49. The number of hydrogen-bond acceptors (Lipinski definition) is 3. The van der Waals surface area contributed by atoms with Crippen molar-refractivity contribution in [3.63, 3.8) is 0 Å². The van der Waals surface area contributed by atoms with Crippen LogP contribution < -0.4 is 5.73 Å². The first-order valence-electron chi connectivity index (χ1n) is 6.36. The third-order valence-corrected chi connectivity index (χ3v) is 3.27. The molecule has 5 heteroatoms. The number of aromatic nitrogens is 1. The molecule has 1 atom stereocenters. The van der Waals surface area contributed by atoms with E-state index < -0.39 is 17.7 Å². The summed E-state index contributed by atoms with van der Waals surface area (Å²) in [6.45, 7) is 0.678. The fraction of sp³-hybridized carbons (Fsp3) is 0.267. The van der Waals surface area contributed by atoms with E-state index in [1.54, 1.807) is 19.4 Å². The topological polar surface area (TPSA) is 42.2 Å². The fourth-order valence-electron chi connectivity index (χ4n) is 2.23. The van der Waals surface area contributed by atoms with Gasteiger partial charge in [0, 0.05) is 31.0 Å². The standard InChI is InChI=1S/C15H17F2N3/c1-20(10-11-5-7-19-8-6-11)14(9-18)15-12(16)3-2-4-13(15)17/h2-8,14H,9-10,18H2,1H3. The second-order valence-corrected chi connectivity index (χ2v) is 4.66. The lowest BCUT2D eigenvalue weighted by Gasteiger charge is -2.28. The van der Waals surface area contributed by atoms with E-state index in [-0.39, 0.29) is 12.1 Å². The first-order valence-corrected chi connectivity index (χ1v) is 6.36. The van der Waals surface area contributed by atoms with Crippen LogP contribution in [0.4, 0.5) is 8.78 Å². The van der Waals surface area contributed by atoms with Crippen LogP contribution in [0, 0.1) is 11.6 Å². The number of rotatable bonds is 5. The van der Waals surface area contributed by atoms with Gasteiger partial charge < -0.3 is 5.73 Å². The van der Waals surface area contributed by atoms with Gasteiger partial charge in [0.2, 0.25) is 0 Å². The maximum Gasteiger partial charge on any atom is 0.130 e. The van der Waals surface area contributed by atoms with Gasteiger partial charge >= 0.3 is 0 Å². The Balaban J connectivity index is 2.24. The largest absolute Gasteiger partial charge is 0.329 e. The summed E-state index contributed by atoms with van der Waals surface area (Å²) in [5, 5.41) is 0. The zero-order valence-corrected chi connectivity index (χ0v) is 11.3. The molecule has 1 aromatic carbocycles. The third-order valence-electron chi connectivity index (χ3n) is 3.27. The monoisotopic (exact) mass is 277 g/mol. The minimum Gasteiger partial charge on any atom is -0.329 e. The van der Waals surface area contributed by atoms with Crippen molar-refractivity contribution >= 4 is 0 Å². The Morgan fingerprint density at radius 2 is 1.75 bits per heavy atom. The second-order valence-electron chi connectivity index (χ2n) is 4.66. The molecule has 0 amide bonds. The molecule has 0 saturated heterocycles. The van der Waals surface area contributed by atoms with Crippen LogP contribution in [0.5, 0.6) is 0 Å². The molecule has 0 aliphatic rings. The van der Waals surface area contributed by atoms with E-state index in [0.717, 1.165) is 5.56 Å². The van der Waals surface area contributed by atoms with E-state index in [9.17, 15) is 8.78 Å². The molecule has 0 spiro atoms. The van der Waals surface area contributed by atoms with Gasteiger partial charge in [-0.25, -0.2) is 8.78 Å². The Morgan fingerprint density at radius 3 is 2.30 bits per heavy atom. The number of halogens is 2. The van der Waals surface area contributed by atoms with Gasteiger partial charge in [0.05, 0.1) is 6.04 Å². The predicted molar refractivity (Wildman–Crippen MR) is 73.9 cm³/mol. The van der Waals surface area contributed by atoms with Crippen molar-refractivity contribution in [1.29, 1.82) is 0 Å². The quantitative estimate of drug-likeness (QED) is 0.913. The molecule has 3 nitrogen and oxygen atoms in total. The van der Waals surface area contributed by atoms with Crippen LogP contribution in [0.3, 0.4) is 0 Å². The van der Waals surface area contributed by atoms with Gasteiger partial charge in [-0.1, -0.05) is 6.07 Å². The van der Waals surface area contributed by atoms with Gasteiger partial charge in [-0.3, -0.25) is 9.88 Å². The molecule has 0 bridgehead atoms. The van der Waals surface area contributed by atoms with Crippen LogP contribution in [-0.2, 0) is 6.54 Å². The highest BCUT2D eigenvalue weighted by Crippen LogP contribution is 2.25. The van der Waals surface area contributed by atoms with Crippen molar-refractivity contribution in [2.45, 2.75) is 12.6 Å². The maximum absolute atomic E-state index is 13.9. The molecule has 0 fully saturated rings. The molecule has 0 aliphatic carbocycles. The fourth-order valence-corrected chi connectivity index (χ4v) is 2.23. The molecule has 1 heterocycles. The lowest BCUT2D eigenvalue weighted by atomic mass is 10.0. The highest BCUT2D eigenvalue weighted by molar-refractivity contribution is 5.24. The zero-order valence-electron chi connectivity index (χ0n) is 11.3. The average molecular weight is 277 g/mol. The summed E-state index contributed by atoms with van der Waals surface area (Å²) in [4.78, 5) is 5.77. The van der Waals surface area contributed by atoms with Crippen LogP contribution >= 0.6 is 0 Å². The van der Waals surface area contributed by atoms with Gasteiger partial charge in [0.25, 0.3) is 0 Å². The molecule has 0 radical (unpaired) electrons. The minimum atomic E-state index is -0.568. The lowest BCUT2D eigenvalue weighted by Crippen LogP contribution is -2.31. The summed E-state index contributed by atoms with van der Waals surface area (Å²) in [7, 11) is 1.80. The van der Waals surface area contributed by atoms with E-state index in [1.165, 1.54) is 18.2 Å². The summed E-state index contributed by atoms with van der Waals surface area (Å²) in [6, 6.07) is 7.07. The Hall–Kier alpha value is -1.85. The summed E-state index contributed by atoms with van der Waals surface area (Å²) in [6.07, 6.45) is 3.37. The summed E-state index contributed by atoms with van der Waals surface area (Å²) < 4.78 is 27.7. The van der Waals surface area contributed by atoms with Crippen LogP contribution in [0.1, 0.15) is 17.2 Å². The molecular weight excluding hydrogens is 260 g/mol. The van der Waals surface area contributed by atoms with Crippen molar-refractivity contribution in [2.24, 2.45) is 5.73 Å². The van der Waals surface area contributed by atoms with Crippen LogP contribution in [-0.4, -0.2) is 23.5 Å². The number of nitrogens with zero attached hydrogens (tertiary/aromatic N) is 2. The van der Waals surface area contributed by atoms with Crippen molar-refractivity contribution in [3.05, 3.63) is 65.5 Å². The lowest BCUT2D eigenvalue weighted by molar-refractivity contribution is 0.231. The number of hydrogen-bond donors (Lipinski definition) is 1. The van der Waals surface area contributed by atoms with E-state index in [1.807, 2.05) is 17.0 Å². The van der Waals surface area contributed by atoms with E-state index in [0.29, 0.717) is 6.54 Å². The van der Waals surface area contributed by atoms with Gasteiger partial charge in [-0.2, -0.15) is 0 Å². The van der Waals surface area contributed by atoms with Crippen molar-refractivity contribution in [2.75, 3.05) is 13.6 Å². The average Bonchev–Trinajstić information content (AvgIpc) is 2.44.